The molecule has 1 aromatic carbocycles. The van der Waals surface area contributed by atoms with Gasteiger partial charge < -0.3 is 24.9 Å². The zero-order valence-electron chi connectivity index (χ0n) is 12.0. The smallest absolute Gasteiger partial charge is 0.186 e. The van der Waals surface area contributed by atoms with Gasteiger partial charge in [-0.15, -0.1) is 0 Å². The van der Waals surface area contributed by atoms with E-state index < -0.39 is 0 Å². The Bertz CT molecular complexity index is 471. The van der Waals surface area contributed by atoms with E-state index in [1.54, 1.807) is 14.2 Å². The van der Waals surface area contributed by atoms with Gasteiger partial charge in [-0.25, -0.2) is 0 Å². The molecule has 0 saturated carbocycles. The Hall–Kier alpha value is -1.95. The van der Waals surface area contributed by atoms with Crippen LogP contribution in [0, 0.1) is 0 Å². The molecule has 110 valence electrons. The summed E-state index contributed by atoms with van der Waals surface area (Å²) < 4.78 is 10.8. The molecule has 0 spiro atoms. The van der Waals surface area contributed by atoms with Gasteiger partial charge in [0, 0.05) is 26.2 Å². The lowest BCUT2D eigenvalue weighted by Crippen LogP contribution is -2.47. The van der Waals surface area contributed by atoms with E-state index in [1.165, 1.54) is 0 Å². The Morgan fingerprint density at radius 3 is 2.35 bits per heavy atom. The average Bonchev–Trinajstić information content (AvgIpc) is 2.48. The van der Waals surface area contributed by atoms with Crippen LogP contribution in [0.15, 0.2) is 12.1 Å². The summed E-state index contributed by atoms with van der Waals surface area (Å²) in [6, 6.07) is 3.78. The molecule has 1 aliphatic heterocycles. The Kier molecular flexibility index (Phi) is 4.68. The number of carbonyl (C=O) groups is 1. The molecule has 0 amide bonds. The van der Waals surface area contributed by atoms with E-state index >= 15 is 0 Å². The Morgan fingerprint density at radius 2 is 1.80 bits per heavy atom. The van der Waals surface area contributed by atoms with Gasteiger partial charge in [-0.1, -0.05) is 0 Å². The molecule has 0 radical (unpaired) electrons. The maximum Gasteiger partial charge on any atom is 0.186 e. The second-order valence-electron chi connectivity index (χ2n) is 4.69. The monoisotopic (exact) mass is 279 g/mol. The normalized spacial score (nSPS) is 16.0. The van der Waals surface area contributed by atoms with Crippen LogP contribution >= 0.6 is 0 Å². The van der Waals surface area contributed by atoms with Crippen molar-refractivity contribution in [2.24, 2.45) is 0 Å². The number of rotatable bonds is 5. The predicted octanol–water partition coefficient (Wildman–Crippen LogP) is 0.607. The maximum absolute atomic E-state index is 10.5. The minimum atomic E-state index is 0.496. The number of nitrogen functional groups attached to an aromatic ring is 1. The molecule has 1 fully saturated rings. The molecule has 2 rings (SSSR count). The van der Waals surface area contributed by atoms with Crippen molar-refractivity contribution >= 4 is 17.7 Å². The van der Waals surface area contributed by atoms with Crippen LogP contribution in [0.5, 0.6) is 11.5 Å². The number of aldehydes is 1. The number of nitrogens with zero attached hydrogens (tertiary/aromatic N) is 2. The second kappa shape index (κ2) is 6.47. The molecule has 20 heavy (non-hydrogen) atoms. The zero-order valence-corrected chi connectivity index (χ0v) is 12.0. The number of hydrogen-bond acceptors (Lipinski definition) is 6. The van der Waals surface area contributed by atoms with Crippen molar-refractivity contribution in [1.29, 1.82) is 0 Å². The molecule has 0 unspecified atom stereocenters. The standard InChI is InChI=1S/C14H21N3O3/c1-19-13-11(15)3-4-12(14(13)20-2)17-7-5-16(6-8-17)9-10-18/h3-4,10H,5-9,15H2,1-2H3. The Morgan fingerprint density at radius 1 is 1.15 bits per heavy atom. The summed E-state index contributed by atoms with van der Waals surface area (Å²) in [4.78, 5) is 14.9. The quantitative estimate of drug-likeness (QED) is 0.629. The van der Waals surface area contributed by atoms with Gasteiger partial charge in [-0.05, 0) is 12.1 Å². The predicted molar refractivity (Wildman–Crippen MR) is 78.7 cm³/mol. The third kappa shape index (κ3) is 2.80. The molecule has 0 aliphatic carbocycles. The number of anilines is 2. The van der Waals surface area contributed by atoms with Crippen LogP contribution in [0.2, 0.25) is 0 Å². The van der Waals surface area contributed by atoms with Gasteiger partial charge >= 0.3 is 0 Å². The molecule has 6 nitrogen and oxygen atoms in total. The van der Waals surface area contributed by atoms with Crippen molar-refractivity contribution in [2.75, 3.05) is 57.6 Å². The highest BCUT2D eigenvalue weighted by atomic mass is 16.5. The average molecular weight is 279 g/mol. The summed E-state index contributed by atoms with van der Waals surface area (Å²) in [5, 5.41) is 0. The van der Waals surface area contributed by atoms with Gasteiger partial charge in [0.15, 0.2) is 11.5 Å². The second-order valence-corrected chi connectivity index (χ2v) is 4.69. The topological polar surface area (TPSA) is 68.0 Å². The number of methoxy groups -OCH3 is 2. The van der Waals surface area contributed by atoms with Gasteiger partial charge in [-0.2, -0.15) is 0 Å². The van der Waals surface area contributed by atoms with Crippen molar-refractivity contribution in [1.82, 2.24) is 4.90 Å². The minimum absolute atomic E-state index is 0.496. The first-order valence-corrected chi connectivity index (χ1v) is 6.62. The van der Waals surface area contributed by atoms with Crippen LogP contribution in [-0.2, 0) is 4.79 Å². The summed E-state index contributed by atoms with van der Waals surface area (Å²) >= 11 is 0. The first kappa shape index (κ1) is 14.5. The zero-order chi connectivity index (χ0) is 14.5. The summed E-state index contributed by atoms with van der Waals surface area (Å²) in [6.07, 6.45) is 0.947. The van der Waals surface area contributed by atoms with E-state index in [0.717, 1.165) is 38.2 Å². The lowest BCUT2D eigenvalue weighted by Gasteiger charge is -2.36. The number of hydrogen-bond donors (Lipinski definition) is 1. The number of carbonyl (C=O) groups excluding carboxylic acids is 1. The van der Waals surface area contributed by atoms with Crippen LogP contribution in [0.3, 0.4) is 0 Å². The maximum atomic E-state index is 10.5. The summed E-state index contributed by atoms with van der Waals surface area (Å²) in [5.41, 5.74) is 7.44. The third-order valence-electron chi connectivity index (χ3n) is 3.58. The molecule has 1 aliphatic rings. The summed E-state index contributed by atoms with van der Waals surface area (Å²) in [5.74, 6) is 1.23. The third-order valence-corrected chi connectivity index (χ3v) is 3.58. The van der Waals surface area contributed by atoms with Crippen molar-refractivity contribution < 1.29 is 14.3 Å². The first-order valence-electron chi connectivity index (χ1n) is 6.62. The molecule has 1 aromatic rings. The highest BCUT2D eigenvalue weighted by Gasteiger charge is 2.22. The van der Waals surface area contributed by atoms with E-state index in [4.69, 9.17) is 15.2 Å². The molecular weight excluding hydrogens is 258 g/mol. The molecule has 0 bridgehead atoms. The number of benzene rings is 1. The summed E-state index contributed by atoms with van der Waals surface area (Å²) in [7, 11) is 3.20. The minimum Gasteiger partial charge on any atom is -0.491 e. The van der Waals surface area contributed by atoms with E-state index in [-0.39, 0.29) is 0 Å². The summed E-state index contributed by atoms with van der Waals surface area (Å²) in [6.45, 7) is 3.90. The van der Waals surface area contributed by atoms with E-state index in [0.29, 0.717) is 23.7 Å². The van der Waals surface area contributed by atoms with Gasteiger partial charge in [0.05, 0.1) is 32.1 Å². The molecule has 0 aromatic heterocycles. The van der Waals surface area contributed by atoms with Crippen LogP contribution in [0.4, 0.5) is 11.4 Å². The fourth-order valence-corrected chi connectivity index (χ4v) is 2.50. The fourth-order valence-electron chi connectivity index (χ4n) is 2.50. The van der Waals surface area contributed by atoms with Gasteiger partial charge in [0.2, 0.25) is 0 Å². The van der Waals surface area contributed by atoms with Crippen LogP contribution in [0.1, 0.15) is 0 Å². The van der Waals surface area contributed by atoms with Crippen molar-refractivity contribution in [3.8, 4) is 11.5 Å². The Balaban J connectivity index is 2.19. The van der Waals surface area contributed by atoms with Crippen molar-refractivity contribution in [2.45, 2.75) is 0 Å². The van der Waals surface area contributed by atoms with Crippen LogP contribution < -0.4 is 20.1 Å². The number of nitrogens with two attached hydrogens (primary N) is 1. The molecule has 1 heterocycles. The Labute approximate surface area is 119 Å². The fraction of sp³-hybridized carbons (Fsp3) is 0.500. The molecule has 0 atom stereocenters. The largest absolute Gasteiger partial charge is 0.491 e. The molecule has 2 N–H and O–H groups in total. The lowest BCUT2D eigenvalue weighted by molar-refractivity contribution is -0.108. The van der Waals surface area contributed by atoms with Crippen LogP contribution in [0.25, 0.3) is 0 Å². The molecule has 1 saturated heterocycles. The molecular formula is C14H21N3O3. The van der Waals surface area contributed by atoms with Crippen molar-refractivity contribution in [3.63, 3.8) is 0 Å². The molecule has 6 heteroatoms. The van der Waals surface area contributed by atoms with Gasteiger partial charge in [0.1, 0.15) is 6.29 Å². The van der Waals surface area contributed by atoms with E-state index in [2.05, 4.69) is 9.80 Å². The SMILES string of the molecule is COc1c(N)ccc(N2CCN(CC=O)CC2)c1OC. The first-order chi connectivity index (χ1) is 9.71. The highest BCUT2D eigenvalue weighted by Crippen LogP contribution is 2.41. The van der Waals surface area contributed by atoms with E-state index in [1.807, 2.05) is 12.1 Å². The highest BCUT2D eigenvalue weighted by molar-refractivity contribution is 5.73. The van der Waals surface area contributed by atoms with Gasteiger partial charge in [-0.3, -0.25) is 4.90 Å². The lowest BCUT2D eigenvalue weighted by atomic mass is 10.2. The number of ether oxygens (including phenoxy) is 2. The van der Waals surface area contributed by atoms with Crippen molar-refractivity contribution in [3.05, 3.63) is 12.1 Å². The van der Waals surface area contributed by atoms with Gasteiger partial charge in [0.25, 0.3) is 0 Å². The number of piperazine rings is 1. The van der Waals surface area contributed by atoms with Crippen LogP contribution in [-0.4, -0.2) is 58.1 Å². The van der Waals surface area contributed by atoms with E-state index in [9.17, 15) is 4.79 Å².